The molecule has 10 heavy (non-hydrogen) atoms. The highest BCUT2D eigenvalue weighted by Crippen LogP contribution is 2.19. The van der Waals surface area contributed by atoms with Gasteiger partial charge < -0.3 is 0 Å². The lowest BCUT2D eigenvalue weighted by Gasteiger charge is -2.22. The molecule has 0 aliphatic carbocycles. The van der Waals surface area contributed by atoms with E-state index in [0.29, 0.717) is 0 Å². The highest BCUT2D eigenvalue weighted by molar-refractivity contribution is 7.77. The summed E-state index contributed by atoms with van der Waals surface area (Å²) < 4.78 is 2.22. The van der Waals surface area contributed by atoms with E-state index in [2.05, 4.69) is 24.0 Å². The Kier molecular flexibility index (Phi) is 3.57. The molecule has 1 saturated heterocycles. The molecule has 0 N–H and O–H groups in total. The van der Waals surface area contributed by atoms with E-state index in [0.717, 1.165) is 6.04 Å². The first-order valence-corrected chi connectivity index (χ1v) is 4.70. The van der Waals surface area contributed by atoms with Crippen LogP contribution in [0.5, 0.6) is 0 Å². The van der Waals surface area contributed by atoms with Crippen molar-refractivity contribution in [1.29, 1.82) is 0 Å². The topological polar surface area (TPSA) is 3.24 Å². The Balaban J connectivity index is 2.35. The van der Waals surface area contributed by atoms with Gasteiger partial charge in [-0.2, -0.15) is 0 Å². The van der Waals surface area contributed by atoms with E-state index >= 15 is 0 Å². The maximum Gasteiger partial charge on any atom is 0.0197 e. The van der Waals surface area contributed by atoms with Crippen LogP contribution in [0.1, 0.15) is 39.0 Å². The molecule has 1 aliphatic heterocycles. The van der Waals surface area contributed by atoms with Gasteiger partial charge in [0.2, 0.25) is 0 Å². The van der Waals surface area contributed by atoms with E-state index in [1.807, 2.05) is 0 Å². The third-order valence-electron chi connectivity index (χ3n) is 2.32. The van der Waals surface area contributed by atoms with Gasteiger partial charge in [-0.25, -0.2) is 0 Å². The zero-order chi connectivity index (χ0) is 7.40. The van der Waals surface area contributed by atoms with Crippen molar-refractivity contribution in [3.8, 4) is 0 Å². The third-order valence-corrected chi connectivity index (χ3v) is 2.84. The number of nitrogens with zero attached hydrogens (tertiary/aromatic N) is 1. The quantitative estimate of drug-likeness (QED) is 0.575. The van der Waals surface area contributed by atoms with Gasteiger partial charge in [0, 0.05) is 12.6 Å². The van der Waals surface area contributed by atoms with Crippen molar-refractivity contribution in [3.63, 3.8) is 0 Å². The summed E-state index contributed by atoms with van der Waals surface area (Å²) in [5.74, 6) is 0. The van der Waals surface area contributed by atoms with Crippen LogP contribution in [0.3, 0.4) is 0 Å². The van der Waals surface area contributed by atoms with Gasteiger partial charge in [0.15, 0.2) is 0 Å². The molecule has 60 valence electrons. The lowest BCUT2D eigenvalue weighted by molar-refractivity contribution is 0.351. The molecule has 1 heterocycles. The Morgan fingerprint density at radius 1 is 1.40 bits per heavy atom. The number of thiol groups is 1. The number of hydrogen-bond acceptors (Lipinski definition) is 2. The first-order chi connectivity index (χ1) is 4.84. The molecule has 1 aliphatic rings. The summed E-state index contributed by atoms with van der Waals surface area (Å²) in [6.45, 7) is 3.43. The van der Waals surface area contributed by atoms with Gasteiger partial charge in [-0.15, -0.1) is 0 Å². The van der Waals surface area contributed by atoms with E-state index in [9.17, 15) is 0 Å². The molecule has 0 amide bonds. The van der Waals surface area contributed by atoms with Crippen LogP contribution in [0.2, 0.25) is 0 Å². The van der Waals surface area contributed by atoms with Crippen LogP contribution < -0.4 is 0 Å². The second kappa shape index (κ2) is 4.24. The second-order valence-electron chi connectivity index (χ2n) is 3.07. The van der Waals surface area contributed by atoms with Crippen molar-refractivity contribution in [2.75, 3.05) is 6.54 Å². The van der Waals surface area contributed by atoms with Crippen LogP contribution in [-0.2, 0) is 0 Å². The highest BCUT2D eigenvalue weighted by Gasteiger charge is 2.15. The molecule has 2 heteroatoms. The fraction of sp³-hybridized carbons (Fsp3) is 1.00. The Labute approximate surface area is 69.3 Å². The SMILES string of the molecule is CCC1CCCCCN1S. The molecular formula is C8H17NS. The van der Waals surface area contributed by atoms with Crippen molar-refractivity contribution >= 4 is 12.8 Å². The molecular weight excluding hydrogens is 142 g/mol. The first kappa shape index (κ1) is 8.41. The average molecular weight is 159 g/mol. The van der Waals surface area contributed by atoms with Crippen LogP contribution in [0.4, 0.5) is 0 Å². The summed E-state index contributed by atoms with van der Waals surface area (Å²) in [7, 11) is 0. The molecule has 1 nitrogen and oxygen atoms in total. The average Bonchev–Trinajstić information content (AvgIpc) is 2.13. The largest absolute Gasteiger partial charge is 0.250 e. The van der Waals surface area contributed by atoms with E-state index < -0.39 is 0 Å². The molecule has 0 radical (unpaired) electrons. The van der Waals surface area contributed by atoms with Gasteiger partial charge in [-0.1, -0.05) is 32.6 Å². The lowest BCUT2D eigenvalue weighted by atomic mass is 10.1. The molecule has 1 fully saturated rings. The van der Waals surface area contributed by atoms with E-state index in [4.69, 9.17) is 0 Å². The summed E-state index contributed by atoms with van der Waals surface area (Å²) >= 11 is 4.44. The van der Waals surface area contributed by atoms with Crippen LogP contribution >= 0.6 is 12.8 Å². The standard InChI is InChI=1S/C8H17NS/c1-2-8-6-4-3-5-7-9(8)10/h8,10H,2-7H2,1H3. The van der Waals surface area contributed by atoms with Gasteiger partial charge in [0.25, 0.3) is 0 Å². The second-order valence-corrected chi connectivity index (χ2v) is 3.59. The zero-order valence-electron chi connectivity index (χ0n) is 6.71. The fourth-order valence-corrected chi connectivity index (χ4v) is 2.00. The number of hydrogen-bond donors (Lipinski definition) is 1. The van der Waals surface area contributed by atoms with Crippen molar-refractivity contribution < 1.29 is 0 Å². The normalized spacial score (nSPS) is 30.0. The van der Waals surface area contributed by atoms with Crippen molar-refractivity contribution in [2.24, 2.45) is 0 Å². The smallest absolute Gasteiger partial charge is 0.0197 e. The van der Waals surface area contributed by atoms with Gasteiger partial charge in [0.1, 0.15) is 0 Å². The summed E-state index contributed by atoms with van der Waals surface area (Å²) in [6, 6.07) is 0.742. The zero-order valence-corrected chi connectivity index (χ0v) is 7.61. The maximum atomic E-state index is 4.44. The Morgan fingerprint density at radius 3 is 2.90 bits per heavy atom. The minimum atomic E-state index is 0.742. The fourth-order valence-electron chi connectivity index (χ4n) is 1.58. The summed E-state index contributed by atoms with van der Waals surface area (Å²) in [5, 5.41) is 0. The van der Waals surface area contributed by atoms with Crippen molar-refractivity contribution in [1.82, 2.24) is 4.31 Å². The highest BCUT2D eigenvalue weighted by atomic mass is 32.1. The van der Waals surface area contributed by atoms with Gasteiger partial charge in [-0.3, -0.25) is 4.31 Å². The van der Waals surface area contributed by atoms with Crippen LogP contribution in [0, 0.1) is 0 Å². The number of rotatable bonds is 1. The van der Waals surface area contributed by atoms with Crippen LogP contribution in [0.25, 0.3) is 0 Å². The van der Waals surface area contributed by atoms with Crippen LogP contribution in [-0.4, -0.2) is 16.9 Å². The molecule has 0 aromatic carbocycles. The summed E-state index contributed by atoms with van der Waals surface area (Å²) in [6.07, 6.45) is 6.73. The molecule has 0 aromatic rings. The molecule has 1 unspecified atom stereocenters. The van der Waals surface area contributed by atoms with Gasteiger partial charge in [-0.05, 0) is 19.3 Å². The molecule has 1 atom stereocenters. The minimum absolute atomic E-state index is 0.742. The minimum Gasteiger partial charge on any atom is -0.250 e. The van der Waals surface area contributed by atoms with E-state index in [1.165, 1.54) is 38.6 Å². The Hall–Kier alpha value is 0.310. The Morgan fingerprint density at radius 2 is 2.20 bits per heavy atom. The summed E-state index contributed by atoms with van der Waals surface area (Å²) in [5.41, 5.74) is 0. The molecule has 0 spiro atoms. The molecule has 0 bridgehead atoms. The third kappa shape index (κ3) is 2.17. The Bertz CT molecular complexity index is 95.3. The monoisotopic (exact) mass is 159 g/mol. The molecule has 0 aromatic heterocycles. The van der Waals surface area contributed by atoms with Gasteiger partial charge in [0.05, 0.1) is 0 Å². The van der Waals surface area contributed by atoms with Crippen LogP contribution in [0.15, 0.2) is 0 Å². The van der Waals surface area contributed by atoms with Crippen molar-refractivity contribution in [2.45, 2.75) is 45.1 Å². The predicted molar refractivity (Wildman–Crippen MR) is 48.2 cm³/mol. The predicted octanol–water partition coefficient (Wildman–Crippen LogP) is 2.49. The molecule has 1 rings (SSSR count). The van der Waals surface area contributed by atoms with Crippen molar-refractivity contribution in [3.05, 3.63) is 0 Å². The first-order valence-electron chi connectivity index (χ1n) is 4.30. The van der Waals surface area contributed by atoms with Gasteiger partial charge >= 0.3 is 0 Å². The maximum absolute atomic E-state index is 4.44. The van der Waals surface area contributed by atoms with E-state index in [-0.39, 0.29) is 0 Å². The van der Waals surface area contributed by atoms with E-state index in [1.54, 1.807) is 0 Å². The lowest BCUT2D eigenvalue weighted by Crippen LogP contribution is -2.25. The summed E-state index contributed by atoms with van der Waals surface area (Å²) in [4.78, 5) is 0. The molecule has 0 saturated carbocycles.